The van der Waals surface area contributed by atoms with Crippen LogP contribution in [-0.4, -0.2) is 49.7 Å². The summed E-state index contributed by atoms with van der Waals surface area (Å²) in [5.41, 5.74) is 2.97. The van der Waals surface area contributed by atoms with E-state index in [1.807, 2.05) is 19.9 Å². The highest BCUT2D eigenvalue weighted by molar-refractivity contribution is 5.95. The molecule has 0 aromatic carbocycles. The van der Waals surface area contributed by atoms with Gasteiger partial charge in [-0.15, -0.1) is 0 Å². The number of nitrogens with zero attached hydrogens (tertiary/aromatic N) is 4. The Hall–Kier alpha value is -1.95. The van der Waals surface area contributed by atoms with Crippen molar-refractivity contribution in [3.63, 3.8) is 0 Å². The molecule has 0 spiro atoms. The summed E-state index contributed by atoms with van der Waals surface area (Å²) in [6, 6.07) is 1.81. The van der Waals surface area contributed by atoms with Crippen molar-refractivity contribution in [1.29, 1.82) is 0 Å². The number of aliphatic hydroxyl groups is 1. The minimum absolute atomic E-state index is 0.0152. The van der Waals surface area contributed by atoms with Crippen LogP contribution in [0.2, 0.25) is 0 Å². The normalized spacial score (nSPS) is 18.9. The van der Waals surface area contributed by atoms with Gasteiger partial charge in [0.2, 0.25) is 0 Å². The number of aliphatic hydroxyl groups excluding tert-OH is 1. The molecule has 0 radical (unpaired) electrons. The maximum absolute atomic E-state index is 12.6. The van der Waals surface area contributed by atoms with Crippen molar-refractivity contribution >= 4 is 11.6 Å². The van der Waals surface area contributed by atoms with E-state index in [1.54, 1.807) is 15.6 Å². The smallest absolute Gasteiger partial charge is 0.257 e. The summed E-state index contributed by atoms with van der Waals surface area (Å²) in [5, 5.41) is 13.7. The molecule has 1 aliphatic heterocycles. The summed E-state index contributed by atoms with van der Waals surface area (Å²) in [6.07, 6.45) is 3.41. The van der Waals surface area contributed by atoms with Gasteiger partial charge >= 0.3 is 0 Å². The van der Waals surface area contributed by atoms with E-state index in [4.69, 9.17) is 0 Å². The molecule has 2 aromatic rings. The zero-order valence-corrected chi connectivity index (χ0v) is 11.7. The summed E-state index contributed by atoms with van der Waals surface area (Å²) in [4.78, 5) is 18.7. The number of carbonyl (C=O) groups is 1. The molecule has 6 nitrogen and oxygen atoms in total. The fourth-order valence-corrected chi connectivity index (χ4v) is 2.82. The van der Waals surface area contributed by atoms with Crippen molar-refractivity contribution in [3.8, 4) is 0 Å². The molecule has 0 aliphatic carbocycles. The first kappa shape index (κ1) is 13.1. The van der Waals surface area contributed by atoms with Crippen LogP contribution in [0, 0.1) is 13.8 Å². The van der Waals surface area contributed by atoms with E-state index < -0.39 is 0 Å². The van der Waals surface area contributed by atoms with Crippen LogP contribution >= 0.6 is 0 Å². The molecule has 0 bridgehead atoms. The molecular formula is C14H18N4O2. The van der Waals surface area contributed by atoms with Gasteiger partial charge in [-0.2, -0.15) is 5.10 Å². The van der Waals surface area contributed by atoms with Crippen molar-refractivity contribution in [2.45, 2.75) is 32.7 Å². The van der Waals surface area contributed by atoms with E-state index in [9.17, 15) is 9.90 Å². The Bertz CT molecular complexity index is 664. The lowest BCUT2D eigenvalue weighted by Gasteiger charge is -2.23. The van der Waals surface area contributed by atoms with E-state index in [-0.39, 0.29) is 18.6 Å². The van der Waals surface area contributed by atoms with E-state index in [0.717, 1.165) is 29.9 Å². The number of aromatic nitrogens is 3. The number of hydrogen-bond acceptors (Lipinski definition) is 4. The number of amides is 1. The van der Waals surface area contributed by atoms with E-state index in [2.05, 4.69) is 10.1 Å². The van der Waals surface area contributed by atoms with Gasteiger partial charge < -0.3 is 10.0 Å². The zero-order valence-electron chi connectivity index (χ0n) is 11.7. The van der Waals surface area contributed by atoms with Crippen LogP contribution in [0.4, 0.5) is 0 Å². The standard InChI is InChI=1S/C14H18N4O2/c1-9-6-13-15-7-12(10(2)18(13)16-9)14(20)17-5-3-4-11(17)8-19/h6-7,11,19H,3-5,8H2,1-2H3. The van der Waals surface area contributed by atoms with Gasteiger partial charge in [0.15, 0.2) is 5.65 Å². The first-order valence-electron chi connectivity index (χ1n) is 6.85. The predicted octanol–water partition coefficient (Wildman–Crippen LogP) is 0.943. The van der Waals surface area contributed by atoms with Crippen molar-refractivity contribution in [3.05, 3.63) is 29.2 Å². The Kier molecular flexibility index (Phi) is 3.17. The van der Waals surface area contributed by atoms with Gasteiger partial charge in [-0.05, 0) is 26.7 Å². The number of aryl methyl sites for hydroxylation is 2. The third-order valence-corrected chi connectivity index (χ3v) is 3.93. The molecule has 106 valence electrons. The Morgan fingerprint density at radius 1 is 1.50 bits per heavy atom. The summed E-state index contributed by atoms with van der Waals surface area (Å²) in [7, 11) is 0. The molecule has 20 heavy (non-hydrogen) atoms. The molecule has 2 aromatic heterocycles. The van der Waals surface area contributed by atoms with Crippen molar-refractivity contribution in [1.82, 2.24) is 19.5 Å². The second kappa shape index (κ2) is 4.86. The third-order valence-electron chi connectivity index (χ3n) is 3.93. The van der Waals surface area contributed by atoms with Crippen LogP contribution in [0.5, 0.6) is 0 Å². The molecule has 1 N–H and O–H groups in total. The molecule has 3 heterocycles. The lowest BCUT2D eigenvalue weighted by atomic mass is 10.2. The quantitative estimate of drug-likeness (QED) is 0.885. The molecule has 1 saturated heterocycles. The minimum Gasteiger partial charge on any atom is -0.394 e. The van der Waals surface area contributed by atoms with Crippen molar-refractivity contribution < 1.29 is 9.90 Å². The average Bonchev–Trinajstić information content (AvgIpc) is 3.04. The average molecular weight is 274 g/mol. The SMILES string of the molecule is Cc1cc2ncc(C(=O)N3CCCC3CO)c(C)n2n1. The van der Waals surface area contributed by atoms with Crippen molar-refractivity contribution in [2.24, 2.45) is 0 Å². The summed E-state index contributed by atoms with van der Waals surface area (Å²) < 4.78 is 1.70. The minimum atomic E-state index is -0.0723. The lowest BCUT2D eigenvalue weighted by molar-refractivity contribution is 0.0675. The third kappa shape index (κ3) is 1.96. The van der Waals surface area contributed by atoms with Gasteiger partial charge in [0.25, 0.3) is 5.91 Å². The first-order valence-corrected chi connectivity index (χ1v) is 6.85. The fourth-order valence-electron chi connectivity index (χ4n) is 2.82. The van der Waals surface area contributed by atoms with Crippen LogP contribution in [-0.2, 0) is 0 Å². The molecule has 1 fully saturated rings. The number of fused-ring (bicyclic) bond motifs is 1. The first-order chi connectivity index (χ1) is 9.61. The molecule has 1 amide bonds. The molecule has 1 aliphatic rings. The van der Waals surface area contributed by atoms with Crippen LogP contribution in [0.15, 0.2) is 12.3 Å². The number of rotatable bonds is 2. The van der Waals surface area contributed by atoms with Crippen LogP contribution < -0.4 is 0 Å². The Morgan fingerprint density at radius 2 is 2.30 bits per heavy atom. The van der Waals surface area contributed by atoms with Gasteiger partial charge in [-0.25, -0.2) is 9.50 Å². The van der Waals surface area contributed by atoms with Gasteiger partial charge in [-0.1, -0.05) is 0 Å². The van der Waals surface area contributed by atoms with Gasteiger partial charge in [0.05, 0.1) is 29.6 Å². The molecule has 6 heteroatoms. The topological polar surface area (TPSA) is 70.7 Å². The summed E-state index contributed by atoms with van der Waals surface area (Å²) in [6.45, 7) is 4.48. The Balaban J connectivity index is 2.01. The van der Waals surface area contributed by atoms with Crippen molar-refractivity contribution in [2.75, 3.05) is 13.2 Å². The Labute approximate surface area is 117 Å². The van der Waals surface area contributed by atoms with E-state index in [1.165, 1.54) is 0 Å². The molecular weight excluding hydrogens is 256 g/mol. The molecule has 3 rings (SSSR count). The zero-order chi connectivity index (χ0) is 14.3. The highest BCUT2D eigenvalue weighted by Crippen LogP contribution is 2.21. The number of likely N-dealkylation sites (tertiary alicyclic amines) is 1. The van der Waals surface area contributed by atoms with E-state index >= 15 is 0 Å². The second-order valence-electron chi connectivity index (χ2n) is 5.29. The highest BCUT2D eigenvalue weighted by Gasteiger charge is 2.30. The molecule has 1 atom stereocenters. The molecule has 1 unspecified atom stereocenters. The summed E-state index contributed by atoms with van der Waals surface area (Å²) >= 11 is 0. The van der Waals surface area contributed by atoms with E-state index in [0.29, 0.717) is 12.1 Å². The van der Waals surface area contributed by atoms with Crippen LogP contribution in [0.3, 0.4) is 0 Å². The summed E-state index contributed by atoms with van der Waals surface area (Å²) in [5.74, 6) is -0.0680. The van der Waals surface area contributed by atoms with Crippen LogP contribution in [0.25, 0.3) is 5.65 Å². The molecule has 0 saturated carbocycles. The van der Waals surface area contributed by atoms with Gasteiger partial charge in [0, 0.05) is 18.8 Å². The monoisotopic (exact) mass is 274 g/mol. The maximum atomic E-state index is 12.6. The lowest BCUT2D eigenvalue weighted by Crippen LogP contribution is -2.38. The van der Waals surface area contributed by atoms with Crippen LogP contribution in [0.1, 0.15) is 34.6 Å². The second-order valence-corrected chi connectivity index (χ2v) is 5.29. The number of carbonyl (C=O) groups excluding carboxylic acids is 1. The van der Waals surface area contributed by atoms with Gasteiger partial charge in [0.1, 0.15) is 0 Å². The number of hydrogen-bond donors (Lipinski definition) is 1. The largest absolute Gasteiger partial charge is 0.394 e. The predicted molar refractivity (Wildman–Crippen MR) is 73.6 cm³/mol. The maximum Gasteiger partial charge on any atom is 0.257 e. The van der Waals surface area contributed by atoms with Gasteiger partial charge in [-0.3, -0.25) is 4.79 Å². The Morgan fingerprint density at radius 3 is 3.05 bits per heavy atom. The highest BCUT2D eigenvalue weighted by atomic mass is 16.3. The fraction of sp³-hybridized carbons (Fsp3) is 0.500.